The number of aromatic nitrogens is 2. The number of pyridine rings is 1. The van der Waals surface area contributed by atoms with E-state index in [4.69, 9.17) is 16.0 Å². The van der Waals surface area contributed by atoms with E-state index in [1.54, 1.807) is 36.0 Å². The summed E-state index contributed by atoms with van der Waals surface area (Å²) in [5, 5.41) is 14.7. The number of carbonyl (C=O) groups is 1. The number of anilines is 1. The summed E-state index contributed by atoms with van der Waals surface area (Å²) in [5.41, 5.74) is -0.738. The molecule has 0 radical (unpaired) electrons. The van der Waals surface area contributed by atoms with Gasteiger partial charge in [0.05, 0.1) is 10.6 Å². The van der Waals surface area contributed by atoms with E-state index in [2.05, 4.69) is 15.6 Å². The Kier molecular flexibility index (Phi) is 6.03. The zero-order valence-corrected chi connectivity index (χ0v) is 16.3. The molecule has 0 saturated carbocycles. The summed E-state index contributed by atoms with van der Waals surface area (Å²) < 4.78 is 45.1. The fourth-order valence-electron chi connectivity index (χ4n) is 2.73. The van der Waals surface area contributed by atoms with Gasteiger partial charge in [-0.15, -0.1) is 0 Å². The van der Waals surface area contributed by atoms with Gasteiger partial charge in [0, 0.05) is 31.7 Å². The second-order valence-corrected chi connectivity index (χ2v) is 6.56. The third-order valence-electron chi connectivity index (χ3n) is 4.12. The smallest absolute Gasteiger partial charge is 0.417 e. The lowest BCUT2D eigenvalue weighted by Gasteiger charge is -2.11. The Bertz CT molecular complexity index is 1100. The summed E-state index contributed by atoms with van der Waals surface area (Å²) >= 11 is 5.82. The van der Waals surface area contributed by atoms with E-state index in [0.29, 0.717) is 6.20 Å². The van der Waals surface area contributed by atoms with Gasteiger partial charge in [-0.1, -0.05) is 11.6 Å². The maximum absolute atomic E-state index is 12.6. The van der Waals surface area contributed by atoms with Crippen LogP contribution < -0.4 is 10.6 Å². The molecule has 0 spiro atoms. The first-order valence-corrected chi connectivity index (χ1v) is 9.01. The second kappa shape index (κ2) is 8.51. The number of nitriles is 1. The van der Waals surface area contributed by atoms with Gasteiger partial charge in [-0.3, -0.25) is 9.36 Å². The fraction of sp³-hybridized carbons (Fsp3) is 0.211. The van der Waals surface area contributed by atoms with Gasteiger partial charge >= 0.3 is 6.18 Å². The van der Waals surface area contributed by atoms with Gasteiger partial charge in [-0.2, -0.15) is 18.4 Å². The van der Waals surface area contributed by atoms with Gasteiger partial charge in [0.15, 0.2) is 0 Å². The van der Waals surface area contributed by atoms with E-state index in [1.807, 2.05) is 6.07 Å². The SMILES string of the molecule is Cc1oc(-n2cccc2)c(C#N)c1C(=O)NCCNc1ncc(C(F)(F)F)cc1Cl. The van der Waals surface area contributed by atoms with Gasteiger partial charge in [0.2, 0.25) is 5.88 Å². The molecule has 0 atom stereocenters. The number of halogens is 4. The number of aryl methyl sites for hydroxylation is 1. The lowest BCUT2D eigenvalue weighted by atomic mass is 10.1. The third-order valence-corrected chi connectivity index (χ3v) is 4.40. The number of carbonyl (C=O) groups excluding carboxylic acids is 1. The molecule has 7 nitrogen and oxygen atoms in total. The Hall–Kier alpha value is -3.45. The topological polar surface area (TPSA) is 95.9 Å². The van der Waals surface area contributed by atoms with Crippen molar-refractivity contribution in [2.45, 2.75) is 13.1 Å². The number of alkyl halides is 3. The summed E-state index contributed by atoms with van der Waals surface area (Å²) in [4.78, 5) is 16.2. The van der Waals surface area contributed by atoms with Crippen LogP contribution in [0.5, 0.6) is 0 Å². The van der Waals surface area contributed by atoms with Crippen LogP contribution in [0.4, 0.5) is 19.0 Å². The molecule has 0 saturated heterocycles. The Labute approximate surface area is 174 Å². The van der Waals surface area contributed by atoms with Crippen molar-refractivity contribution in [2.24, 2.45) is 0 Å². The van der Waals surface area contributed by atoms with E-state index in [0.717, 1.165) is 6.07 Å². The molecule has 30 heavy (non-hydrogen) atoms. The Morgan fingerprint density at radius 3 is 2.63 bits per heavy atom. The zero-order chi connectivity index (χ0) is 21.9. The fourth-order valence-corrected chi connectivity index (χ4v) is 2.96. The zero-order valence-electron chi connectivity index (χ0n) is 15.5. The van der Waals surface area contributed by atoms with Gasteiger partial charge < -0.3 is 15.1 Å². The van der Waals surface area contributed by atoms with E-state index < -0.39 is 17.6 Å². The molecule has 156 valence electrons. The van der Waals surface area contributed by atoms with Crippen LogP contribution in [-0.4, -0.2) is 28.5 Å². The van der Waals surface area contributed by atoms with Crippen molar-refractivity contribution >= 4 is 23.3 Å². The highest BCUT2D eigenvalue weighted by Crippen LogP contribution is 2.32. The third kappa shape index (κ3) is 4.41. The average Bonchev–Trinajstić information content (AvgIpc) is 3.32. The van der Waals surface area contributed by atoms with Crippen molar-refractivity contribution in [1.82, 2.24) is 14.9 Å². The lowest BCUT2D eigenvalue weighted by Crippen LogP contribution is -2.29. The number of nitrogens with one attached hydrogen (secondary N) is 2. The molecule has 11 heteroatoms. The first-order chi connectivity index (χ1) is 14.2. The van der Waals surface area contributed by atoms with Crippen molar-refractivity contribution in [1.29, 1.82) is 5.26 Å². The Morgan fingerprint density at radius 2 is 2.03 bits per heavy atom. The largest absolute Gasteiger partial charge is 0.443 e. The molecule has 0 unspecified atom stereocenters. The van der Waals surface area contributed by atoms with Crippen LogP contribution in [0, 0.1) is 18.3 Å². The van der Waals surface area contributed by atoms with Crippen LogP contribution in [0.15, 0.2) is 41.2 Å². The lowest BCUT2D eigenvalue weighted by molar-refractivity contribution is -0.137. The quantitative estimate of drug-likeness (QED) is 0.564. The van der Waals surface area contributed by atoms with Crippen LogP contribution in [-0.2, 0) is 6.18 Å². The number of nitrogens with zero attached hydrogens (tertiary/aromatic N) is 3. The highest BCUT2D eigenvalue weighted by atomic mass is 35.5. The summed E-state index contributed by atoms with van der Waals surface area (Å²) in [6, 6.07) is 6.26. The molecule has 0 fully saturated rings. The molecule has 3 rings (SSSR count). The molecule has 3 heterocycles. The number of amides is 1. The molecule has 0 aliphatic rings. The predicted octanol–water partition coefficient (Wildman–Crippen LogP) is 4.16. The van der Waals surface area contributed by atoms with Gasteiger partial charge in [0.1, 0.15) is 28.8 Å². The van der Waals surface area contributed by atoms with Crippen LogP contribution >= 0.6 is 11.6 Å². The second-order valence-electron chi connectivity index (χ2n) is 6.15. The Morgan fingerprint density at radius 1 is 1.33 bits per heavy atom. The van der Waals surface area contributed by atoms with E-state index in [1.165, 1.54) is 0 Å². The van der Waals surface area contributed by atoms with Crippen molar-refractivity contribution in [2.75, 3.05) is 18.4 Å². The molecule has 2 N–H and O–H groups in total. The predicted molar refractivity (Wildman–Crippen MR) is 103 cm³/mol. The first-order valence-electron chi connectivity index (χ1n) is 8.64. The normalized spacial score (nSPS) is 11.2. The highest BCUT2D eigenvalue weighted by molar-refractivity contribution is 6.32. The molecule has 0 aliphatic heterocycles. The molecule has 1 amide bonds. The van der Waals surface area contributed by atoms with Gasteiger partial charge in [-0.25, -0.2) is 4.98 Å². The molecule has 0 aliphatic carbocycles. The van der Waals surface area contributed by atoms with Crippen LogP contribution in [0.1, 0.15) is 27.2 Å². The highest BCUT2D eigenvalue weighted by Gasteiger charge is 2.31. The monoisotopic (exact) mass is 437 g/mol. The minimum Gasteiger partial charge on any atom is -0.443 e. The van der Waals surface area contributed by atoms with Crippen molar-refractivity contribution in [3.8, 4) is 12.0 Å². The van der Waals surface area contributed by atoms with Crippen molar-refractivity contribution in [3.63, 3.8) is 0 Å². The minimum atomic E-state index is -4.54. The number of furan rings is 1. The van der Waals surface area contributed by atoms with Crippen molar-refractivity contribution < 1.29 is 22.4 Å². The summed E-state index contributed by atoms with van der Waals surface area (Å²) in [6.07, 6.45) is -0.496. The molecule has 0 bridgehead atoms. The van der Waals surface area contributed by atoms with Crippen LogP contribution in [0.25, 0.3) is 5.88 Å². The maximum atomic E-state index is 12.6. The standard InChI is InChI=1S/C19H15ClF3N5O2/c1-11-15(13(9-24)18(30-11)28-6-2-3-7-28)17(29)26-5-4-25-16-14(20)8-12(10-27-16)19(21,22)23/h2-3,6-8,10H,4-5H2,1H3,(H,25,27)(H,26,29). The van der Waals surface area contributed by atoms with E-state index in [9.17, 15) is 23.2 Å². The molecular weight excluding hydrogens is 423 g/mol. The average molecular weight is 438 g/mol. The number of hydrogen-bond acceptors (Lipinski definition) is 5. The number of hydrogen-bond donors (Lipinski definition) is 2. The summed E-state index contributed by atoms with van der Waals surface area (Å²) in [7, 11) is 0. The minimum absolute atomic E-state index is 0.0611. The van der Waals surface area contributed by atoms with Gasteiger partial charge in [0.25, 0.3) is 5.91 Å². The molecule has 3 aromatic heterocycles. The molecule has 0 aromatic carbocycles. The molecule has 3 aromatic rings. The summed E-state index contributed by atoms with van der Waals surface area (Å²) in [5.74, 6) is 0.0719. The maximum Gasteiger partial charge on any atom is 0.417 e. The Balaban J connectivity index is 1.63. The van der Waals surface area contributed by atoms with Crippen LogP contribution in [0.2, 0.25) is 5.02 Å². The van der Waals surface area contributed by atoms with E-state index in [-0.39, 0.29) is 46.7 Å². The van der Waals surface area contributed by atoms with E-state index >= 15 is 0 Å². The van der Waals surface area contributed by atoms with Crippen molar-refractivity contribution in [3.05, 3.63) is 64.3 Å². The molecular formula is C19H15ClF3N5O2. The van der Waals surface area contributed by atoms with Gasteiger partial charge in [-0.05, 0) is 25.1 Å². The number of rotatable bonds is 6. The summed E-state index contributed by atoms with van der Waals surface area (Å²) in [6.45, 7) is 1.83. The first kappa shape index (κ1) is 21.3. The van der Waals surface area contributed by atoms with Crippen LogP contribution in [0.3, 0.4) is 0 Å².